The highest BCUT2D eigenvalue weighted by molar-refractivity contribution is 7.86. The summed E-state index contributed by atoms with van der Waals surface area (Å²) in [4.78, 5) is 18.3. The van der Waals surface area contributed by atoms with Crippen LogP contribution in [0, 0.1) is 5.82 Å². The molecule has 3 aromatic rings. The second-order valence-corrected chi connectivity index (χ2v) is 11.4. The molecule has 1 atom stereocenters. The van der Waals surface area contributed by atoms with Crippen LogP contribution in [-0.4, -0.2) is 33.0 Å². The lowest BCUT2D eigenvalue weighted by Crippen LogP contribution is -2.45. The van der Waals surface area contributed by atoms with Gasteiger partial charge >= 0.3 is 10.1 Å². The molecule has 0 unspecified atom stereocenters. The summed E-state index contributed by atoms with van der Waals surface area (Å²) in [5.74, 6) is -0.795. The van der Waals surface area contributed by atoms with Crippen LogP contribution >= 0.6 is 0 Å². The van der Waals surface area contributed by atoms with Crippen molar-refractivity contribution >= 4 is 21.7 Å². The molecule has 0 radical (unpaired) electrons. The van der Waals surface area contributed by atoms with Gasteiger partial charge in [-0.25, -0.2) is 9.37 Å². The number of halogens is 1. The van der Waals surface area contributed by atoms with Gasteiger partial charge in [-0.1, -0.05) is 32.0 Å². The molecular weight excluding hydrogens is 497 g/mol. The predicted octanol–water partition coefficient (Wildman–Crippen LogP) is 3.99. The monoisotopic (exact) mass is 525 g/mol. The van der Waals surface area contributed by atoms with Crippen LogP contribution in [-0.2, 0) is 37.5 Å². The number of aromatic nitrogens is 1. The third-order valence-corrected chi connectivity index (χ3v) is 8.15. The molecule has 0 spiro atoms. The van der Waals surface area contributed by atoms with Crippen molar-refractivity contribution in [1.29, 1.82) is 0 Å². The number of amides is 1. The minimum absolute atomic E-state index is 0.00819. The van der Waals surface area contributed by atoms with Gasteiger partial charge in [-0.05, 0) is 53.6 Å². The summed E-state index contributed by atoms with van der Waals surface area (Å²) in [7, 11) is -2.90. The lowest BCUT2D eigenvalue weighted by atomic mass is 9.86. The summed E-state index contributed by atoms with van der Waals surface area (Å²) in [6, 6.07) is 12.7. The molecule has 1 N–H and O–H groups in total. The Morgan fingerprint density at radius 3 is 2.62 bits per heavy atom. The quantitative estimate of drug-likeness (QED) is 0.486. The summed E-state index contributed by atoms with van der Waals surface area (Å²) in [5, 5.41) is 3.82. The van der Waals surface area contributed by atoms with Crippen LogP contribution in [0.4, 0.5) is 10.1 Å². The van der Waals surface area contributed by atoms with Gasteiger partial charge < -0.3 is 10.1 Å². The van der Waals surface area contributed by atoms with E-state index in [1.54, 1.807) is 36.4 Å². The zero-order chi connectivity index (χ0) is 26.4. The van der Waals surface area contributed by atoms with Gasteiger partial charge in [-0.2, -0.15) is 13.5 Å². The first-order chi connectivity index (χ1) is 17.6. The van der Waals surface area contributed by atoms with Crippen molar-refractivity contribution in [2.24, 2.45) is 0 Å². The smallest absolute Gasteiger partial charge is 0.318 e. The Kier molecular flexibility index (Phi) is 6.51. The van der Waals surface area contributed by atoms with E-state index in [1.807, 2.05) is 13.8 Å². The van der Waals surface area contributed by atoms with E-state index in [2.05, 4.69) is 10.3 Å². The van der Waals surface area contributed by atoms with Gasteiger partial charge in [0, 0.05) is 30.7 Å². The number of pyridine rings is 1. The fourth-order valence-corrected chi connectivity index (χ4v) is 6.01. The van der Waals surface area contributed by atoms with Crippen LogP contribution < -0.4 is 15.1 Å². The number of ether oxygens (including phenoxy) is 1. The van der Waals surface area contributed by atoms with Crippen molar-refractivity contribution in [3.63, 3.8) is 0 Å². The molecule has 1 aliphatic heterocycles. The van der Waals surface area contributed by atoms with Crippen LogP contribution in [0.3, 0.4) is 0 Å². The average Bonchev–Trinajstić information content (AvgIpc) is 3.21. The lowest BCUT2D eigenvalue weighted by molar-refractivity contribution is -0.125. The molecule has 10 heteroatoms. The van der Waals surface area contributed by atoms with Crippen molar-refractivity contribution in [3.8, 4) is 5.88 Å². The minimum atomic E-state index is -4.41. The van der Waals surface area contributed by atoms with E-state index in [4.69, 9.17) is 9.02 Å². The van der Waals surface area contributed by atoms with Gasteiger partial charge in [0.2, 0.25) is 5.88 Å². The summed E-state index contributed by atoms with van der Waals surface area (Å²) in [5.41, 5.74) is 2.18. The Balaban J connectivity index is 1.59. The SMILES string of the molecule is COc1ccc2c(n1)CCN[C@H]2C(=O)N(OS(=O)(=O)c1ccccc1)c1cc(F)c2c(c1)CCC2(C)C. The normalized spacial score (nSPS) is 18.1. The maximum atomic E-state index is 15.4. The molecule has 0 bridgehead atoms. The van der Waals surface area contributed by atoms with Gasteiger partial charge in [0.05, 0.1) is 23.4 Å². The van der Waals surface area contributed by atoms with Gasteiger partial charge in [0.15, 0.2) is 0 Å². The Bertz CT molecular complexity index is 1460. The number of benzene rings is 2. The number of hydrogen-bond acceptors (Lipinski definition) is 7. The van der Waals surface area contributed by atoms with Crippen molar-refractivity contribution < 1.29 is 26.6 Å². The molecule has 1 aliphatic carbocycles. The Labute approximate surface area is 215 Å². The molecule has 2 heterocycles. The number of nitrogens with one attached hydrogen (secondary N) is 1. The van der Waals surface area contributed by atoms with Gasteiger partial charge in [0.1, 0.15) is 11.9 Å². The van der Waals surface area contributed by atoms with Crippen LogP contribution in [0.1, 0.15) is 48.7 Å². The van der Waals surface area contributed by atoms with E-state index >= 15 is 4.39 Å². The number of fused-ring (bicyclic) bond motifs is 2. The second-order valence-electron chi connectivity index (χ2n) is 9.85. The average molecular weight is 526 g/mol. The van der Waals surface area contributed by atoms with E-state index in [-0.39, 0.29) is 16.0 Å². The summed E-state index contributed by atoms with van der Waals surface area (Å²) in [6.45, 7) is 4.35. The maximum absolute atomic E-state index is 15.4. The number of anilines is 1. The Hall–Kier alpha value is -3.34. The molecule has 8 nitrogen and oxygen atoms in total. The number of hydroxylamine groups is 1. The number of carbonyl (C=O) groups is 1. The topological polar surface area (TPSA) is 97.8 Å². The molecule has 194 valence electrons. The van der Waals surface area contributed by atoms with Crippen molar-refractivity contribution in [2.75, 3.05) is 18.7 Å². The number of hydrogen-bond donors (Lipinski definition) is 1. The van der Waals surface area contributed by atoms with E-state index in [1.165, 1.54) is 25.3 Å². The first kappa shape index (κ1) is 25.3. The fraction of sp³-hybridized carbons (Fsp3) is 0.333. The second kappa shape index (κ2) is 9.51. The van der Waals surface area contributed by atoms with Crippen LogP contribution in [0.15, 0.2) is 59.5 Å². The van der Waals surface area contributed by atoms with Crippen molar-refractivity contribution in [1.82, 2.24) is 10.3 Å². The Morgan fingerprint density at radius 2 is 1.89 bits per heavy atom. The third kappa shape index (κ3) is 4.72. The van der Waals surface area contributed by atoms with Gasteiger partial charge in [0.25, 0.3) is 5.91 Å². The first-order valence-corrected chi connectivity index (χ1v) is 13.5. The highest BCUT2D eigenvalue weighted by atomic mass is 32.2. The highest BCUT2D eigenvalue weighted by Gasteiger charge is 2.38. The molecule has 37 heavy (non-hydrogen) atoms. The fourth-order valence-electron chi connectivity index (χ4n) is 5.08. The zero-order valence-corrected chi connectivity index (χ0v) is 21.6. The van der Waals surface area contributed by atoms with E-state index in [9.17, 15) is 13.2 Å². The number of methoxy groups -OCH3 is 1. The van der Waals surface area contributed by atoms with E-state index in [0.717, 1.165) is 12.0 Å². The summed E-state index contributed by atoms with van der Waals surface area (Å²) in [6.07, 6.45) is 1.90. The molecule has 5 rings (SSSR count). The maximum Gasteiger partial charge on any atom is 0.318 e. The largest absolute Gasteiger partial charge is 0.481 e. The van der Waals surface area contributed by atoms with Gasteiger partial charge in [-0.15, -0.1) is 4.28 Å². The van der Waals surface area contributed by atoms with E-state index < -0.39 is 27.9 Å². The summed E-state index contributed by atoms with van der Waals surface area (Å²) >= 11 is 0. The molecule has 0 fully saturated rings. The van der Waals surface area contributed by atoms with Crippen LogP contribution in [0.25, 0.3) is 0 Å². The minimum Gasteiger partial charge on any atom is -0.481 e. The number of nitrogens with zero attached hydrogens (tertiary/aromatic N) is 2. The zero-order valence-electron chi connectivity index (χ0n) is 20.8. The van der Waals surface area contributed by atoms with Crippen molar-refractivity contribution in [3.05, 3.63) is 82.8 Å². The number of aryl methyl sites for hydroxylation is 1. The molecular formula is C27H28FN3O5S. The third-order valence-electron chi connectivity index (χ3n) is 6.95. The predicted molar refractivity (Wildman–Crippen MR) is 135 cm³/mol. The Morgan fingerprint density at radius 1 is 1.14 bits per heavy atom. The summed E-state index contributed by atoms with van der Waals surface area (Å²) < 4.78 is 52.5. The van der Waals surface area contributed by atoms with Gasteiger partial charge in [-0.3, -0.25) is 4.79 Å². The lowest BCUT2D eigenvalue weighted by Gasteiger charge is -2.30. The van der Waals surface area contributed by atoms with Crippen LogP contribution in [0.2, 0.25) is 0 Å². The molecule has 0 saturated carbocycles. The van der Waals surface area contributed by atoms with E-state index in [0.29, 0.717) is 47.2 Å². The standard InChI is InChI=1S/C27H28FN3O5S/c1-27(2)13-11-17-15-18(16-21(28)24(17)27)31(36-37(33,34)19-7-5-4-6-8-19)26(32)25-20-9-10-23(35-3)30-22(20)12-14-29-25/h4-10,15-16,25,29H,11-14H2,1-3H3/t25-/m1/s1. The number of rotatable bonds is 6. The molecule has 1 amide bonds. The molecule has 2 aromatic carbocycles. The first-order valence-electron chi connectivity index (χ1n) is 12.0. The van der Waals surface area contributed by atoms with Crippen molar-refractivity contribution in [2.45, 2.75) is 49.5 Å². The molecule has 1 aromatic heterocycles. The molecule has 0 saturated heterocycles. The molecule has 2 aliphatic rings. The van der Waals surface area contributed by atoms with Crippen LogP contribution in [0.5, 0.6) is 5.88 Å². The number of carbonyl (C=O) groups excluding carboxylic acids is 1. The highest BCUT2D eigenvalue weighted by Crippen LogP contribution is 2.42.